The van der Waals surface area contributed by atoms with E-state index in [0.717, 1.165) is 6.42 Å². The summed E-state index contributed by atoms with van der Waals surface area (Å²) >= 11 is 4.76. The average molecular weight is 214 g/mol. The van der Waals surface area contributed by atoms with Crippen LogP contribution in [0.25, 0.3) is 0 Å². The Bertz CT molecular complexity index is 405. The van der Waals surface area contributed by atoms with Crippen molar-refractivity contribution in [2.45, 2.75) is 24.7 Å². The van der Waals surface area contributed by atoms with Crippen LogP contribution in [0.15, 0.2) is 4.42 Å². The van der Waals surface area contributed by atoms with Crippen molar-refractivity contribution in [3.05, 3.63) is 10.7 Å². The highest BCUT2D eigenvalue weighted by molar-refractivity contribution is 7.71. The predicted octanol–water partition coefficient (Wildman–Crippen LogP) is 1.33. The minimum absolute atomic E-state index is 0.190. The van der Waals surface area contributed by atoms with Crippen molar-refractivity contribution in [1.29, 1.82) is 0 Å². The van der Waals surface area contributed by atoms with Gasteiger partial charge in [0.25, 0.3) is 4.84 Å². The summed E-state index contributed by atoms with van der Waals surface area (Å²) in [7, 11) is 1.36. The fourth-order valence-electron chi connectivity index (χ4n) is 1.67. The number of hydrogen-bond acceptors (Lipinski definition) is 5. The van der Waals surface area contributed by atoms with Gasteiger partial charge in [0.05, 0.1) is 7.11 Å². The molecule has 0 unspecified atom stereocenters. The topological polar surface area (TPSA) is 68.1 Å². The number of aromatic amines is 1. The molecule has 0 bridgehead atoms. The van der Waals surface area contributed by atoms with Crippen molar-refractivity contribution >= 4 is 18.2 Å². The lowest BCUT2D eigenvalue weighted by molar-refractivity contribution is -0.152. The number of nitrogens with one attached hydrogen (secondary N) is 1. The zero-order chi connectivity index (χ0) is 10.2. The average Bonchev–Trinajstić information content (AvgIpc) is 2.50. The summed E-state index contributed by atoms with van der Waals surface area (Å²) in [6, 6.07) is 0. The lowest BCUT2D eigenvalue weighted by Crippen LogP contribution is -2.43. The lowest BCUT2D eigenvalue weighted by Gasteiger charge is -2.35. The van der Waals surface area contributed by atoms with Crippen LogP contribution in [0.5, 0.6) is 0 Å². The SMILES string of the molecule is COC(=O)C1(c2n[nH]c(=S)o2)CCC1. The molecule has 6 heteroatoms. The third-order valence-electron chi connectivity index (χ3n) is 2.63. The Hall–Kier alpha value is -1.17. The molecule has 0 radical (unpaired) electrons. The maximum atomic E-state index is 11.6. The summed E-state index contributed by atoms with van der Waals surface area (Å²) in [6.07, 6.45) is 2.40. The number of rotatable bonds is 2. The van der Waals surface area contributed by atoms with Crippen molar-refractivity contribution in [1.82, 2.24) is 10.2 Å². The Morgan fingerprint density at radius 2 is 2.43 bits per heavy atom. The molecular formula is C8H10N2O3S. The number of H-pyrrole nitrogens is 1. The van der Waals surface area contributed by atoms with Crippen LogP contribution in [0.3, 0.4) is 0 Å². The fraction of sp³-hybridized carbons (Fsp3) is 0.625. The van der Waals surface area contributed by atoms with Crippen molar-refractivity contribution < 1.29 is 13.9 Å². The van der Waals surface area contributed by atoms with Crippen LogP contribution in [-0.2, 0) is 14.9 Å². The summed E-state index contributed by atoms with van der Waals surface area (Å²) in [5, 5.41) is 6.39. The number of aromatic nitrogens is 2. The normalized spacial score (nSPS) is 18.6. The van der Waals surface area contributed by atoms with E-state index in [2.05, 4.69) is 10.2 Å². The van der Waals surface area contributed by atoms with Gasteiger partial charge in [-0.3, -0.25) is 4.79 Å². The minimum atomic E-state index is -0.692. The lowest BCUT2D eigenvalue weighted by atomic mass is 9.68. The van der Waals surface area contributed by atoms with Gasteiger partial charge in [0.2, 0.25) is 5.89 Å². The Balaban J connectivity index is 2.38. The molecule has 1 aromatic rings. The highest BCUT2D eigenvalue weighted by atomic mass is 32.1. The molecule has 2 rings (SSSR count). The summed E-state index contributed by atoms with van der Waals surface area (Å²) in [6.45, 7) is 0. The van der Waals surface area contributed by atoms with Gasteiger partial charge in [-0.15, -0.1) is 5.10 Å². The van der Waals surface area contributed by atoms with Crippen LogP contribution >= 0.6 is 12.2 Å². The fourth-order valence-corrected chi connectivity index (χ4v) is 1.79. The van der Waals surface area contributed by atoms with Gasteiger partial charge in [-0.1, -0.05) is 6.42 Å². The molecule has 1 fully saturated rings. The first-order valence-corrected chi connectivity index (χ1v) is 4.74. The minimum Gasteiger partial charge on any atom is -0.468 e. The Morgan fingerprint density at radius 3 is 2.79 bits per heavy atom. The molecule has 5 nitrogen and oxygen atoms in total. The maximum Gasteiger partial charge on any atom is 0.321 e. The molecule has 0 atom stereocenters. The second-order valence-corrected chi connectivity index (χ2v) is 3.72. The number of nitrogens with zero attached hydrogens (tertiary/aromatic N) is 1. The molecule has 1 saturated carbocycles. The molecule has 0 saturated heterocycles. The molecule has 0 aromatic carbocycles. The predicted molar refractivity (Wildman–Crippen MR) is 49.2 cm³/mol. The van der Waals surface area contributed by atoms with Crippen LogP contribution in [0.4, 0.5) is 0 Å². The first-order valence-electron chi connectivity index (χ1n) is 4.33. The van der Waals surface area contributed by atoms with Gasteiger partial charge in [0, 0.05) is 0 Å². The molecular weight excluding hydrogens is 204 g/mol. The smallest absolute Gasteiger partial charge is 0.321 e. The maximum absolute atomic E-state index is 11.6. The highest BCUT2D eigenvalue weighted by Gasteiger charge is 2.51. The van der Waals surface area contributed by atoms with E-state index in [1.165, 1.54) is 7.11 Å². The molecule has 0 aliphatic heterocycles. The van der Waals surface area contributed by atoms with Gasteiger partial charge in [-0.25, -0.2) is 5.10 Å². The van der Waals surface area contributed by atoms with Crippen LogP contribution in [-0.4, -0.2) is 23.3 Å². The third-order valence-corrected chi connectivity index (χ3v) is 2.81. The Morgan fingerprint density at radius 1 is 1.71 bits per heavy atom. The van der Waals surface area contributed by atoms with Gasteiger partial charge in [0.1, 0.15) is 5.41 Å². The van der Waals surface area contributed by atoms with E-state index in [0.29, 0.717) is 18.7 Å². The van der Waals surface area contributed by atoms with E-state index in [1.54, 1.807) is 0 Å². The van der Waals surface area contributed by atoms with E-state index in [4.69, 9.17) is 21.4 Å². The Kier molecular flexibility index (Phi) is 2.14. The standard InChI is InChI=1S/C8H10N2O3S/c1-12-6(11)8(3-2-4-8)5-9-10-7(14)13-5/h2-4H2,1H3,(H,10,14). The van der Waals surface area contributed by atoms with E-state index >= 15 is 0 Å². The number of ether oxygens (including phenoxy) is 1. The molecule has 1 aliphatic rings. The second-order valence-electron chi connectivity index (χ2n) is 3.35. The van der Waals surface area contributed by atoms with Gasteiger partial charge in [-0.2, -0.15) is 0 Å². The van der Waals surface area contributed by atoms with Crippen molar-refractivity contribution in [2.24, 2.45) is 0 Å². The van der Waals surface area contributed by atoms with Gasteiger partial charge >= 0.3 is 5.97 Å². The summed E-state index contributed by atoms with van der Waals surface area (Å²) in [4.78, 5) is 11.7. The molecule has 0 spiro atoms. The van der Waals surface area contributed by atoms with Crippen LogP contribution < -0.4 is 0 Å². The van der Waals surface area contributed by atoms with E-state index < -0.39 is 5.41 Å². The molecule has 1 aliphatic carbocycles. The third kappa shape index (κ3) is 1.18. The van der Waals surface area contributed by atoms with Gasteiger partial charge in [0.15, 0.2) is 0 Å². The molecule has 14 heavy (non-hydrogen) atoms. The first kappa shape index (κ1) is 9.39. The molecule has 1 heterocycles. The number of methoxy groups -OCH3 is 1. The van der Waals surface area contributed by atoms with E-state index in [-0.39, 0.29) is 10.8 Å². The second kappa shape index (κ2) is 3.20. The largest absolute Gasteiger partial charge is 0.468 e. The molecule has 1 aromatic heterocycles. The van der Waals surface area contributed by atoms with Crippen LogP contribution in [0, 0.1) is 4.84 Å². The van der Waals surface area contributed by atoms with Crippen molar-refractivity contribution in [3.63, 3.8) is 0 Å². The summed E-state index contributed by atoms with van der Waals surface area (Å²) < 4.78 is 9.90. The van der Waals surface area contributed by atoms with Gasteiger partial charge < -0.3 is 9.15 Å². The van der Waals surface area contributed by atoms with Gasteiger partial charge in [-0.05, 0) is 25.1 Å². The zero-order valence-corrected chi connectivity index (χ0v) is 8.52. The highest BCUT2D eigenvalue weighted by Crippen LogP contribution is 2.43. The number of carbonyl (C=O) groups is 1. The first-order chi connectivity index (χ1) is 6.69. The van der Waals surface area contributed by atoms with E-state index in [9.17, 15) is 4.79 Å². The molecule has 0 amide bonds. The quantitative estimate of drug-likeness (QED) is 0.594. The number of carbonyl (C=O) groups excluding carboxylic acids is 1. The summed E-state index contributed by atoms with van der Waals surface area (Å²) in [5.74, 6) is 0.0506. The monoisotopic (exact) mass is 214 g/mol. The number of hydrogen-bond donors (Lipinski definition) is 1. The van der Waals surface area contributed by atoms with Crippen molar-refractivity contribution in [3.8, 4) is 0 Å². The molecule has 1 N–H and O–H groups in total. The van der Waals surface area contributed by atoms with Crippen molar-refractivity contribution in [2.75, 3.05) is 7.11 Å². The van der Waals surface area contributed by atoms with Crippen LogP contribution in [0.1, 0.15) is 25.2 Å². The van der Waals surface area contributed by atoms with Crippen LogP contribution in [0.2, 0.25) is 0 Å². The summed E-state index contributed by atoms with van der Waals surface area (Å²) in [5.41, 5.74) is -0.692. The molecule has 76 valence electrons. The number of esters is 1. The zero-order valence-electron chi connectivity index (χ0n) is 7.70. The Labute approximate surface area is 85.5 Å². The van der Waals surface area contributed by atoms with E-state index in [1.807, 2.05) is 0 Å².